The molecule has 0 heterocycles. The van der Waals surface area contributed by atoms with Crippen molar-refractivity contribution in [2.75, 3.05) is 6.61 Å². The van der Waals surface area contributed by atoms with Gasteiger partial charge in [0.15, 0.2) is 0 Å². The van der Waals surface area contributed by atoms with Crippen LogP contribution in [0.2, 0.25) is 0 Å². The van der Waals surface area contributed by atoms with E-state index in [1.54, 1.807) is 0 Å². The molecule has 0 amide bonds. The Morgan fingerprint density at radius 1 is 0.600 bits per heavy atom. The second-order valence-electron chi connectivity index (χ2n) is 5.71. The first-order valence-electron chi connectivity index (χ1n) is 9.55. The van der Waals surface area contributed by atoms with Crippen molar-refractivity contribution in [1.29, 1.82) is 0 Å². The number of allylic oxidation sites excluding steroid dienone is 13. The van der Waals surface area contributed by atoms with Crippen molar-refractivity contribution in [2.24, 2.45) is 0 Å². The van der Waals surface area contributed by atoms with Crippen molar-refractivity contribution in [3.63, 3.8) is 0 Å². The molecule has 0 fully saturated rings. The molecular formula is C24H36O. The standard InChI is InChI=1S/C24H36O/c1-3-5-6-7-8-9-10-11-12-13-14-15-16-17-18-19-20-21-22-24(4-2)23-25/h5-6,8-9,11-12,14-15,17-18,20-22,25H,3-4,7,10,13,16,19,23H2,1-2H3/b6-5-,9-8-,12-11-,15-14-,18-17?,21-20?,24-22+. The monoisotopic (exact) mass is 340 g/mol. The lowest BCUT2D eigenvalue weighted by Gasteiger charge is -1.94. The van der Waals surface area contributed by atoms with E-state index in [2.05, 4.69) is 80.7 Å². The molecule has 0 spiro atoms. The van der Waals surface area contributed by atoms with Gasteiger partial charge in [0.05, 0.1) is 6.61 Å². The largest absolute Gasteiger partial charge is 0.392 e. The maximum Gasteiger partial charge on any atom is 0.0644 e. The van der Waals surface area contributed by atoms with E-state index in [1.165, 1.54) is 0 Å². The van der Waals surface area contributed by atoms with E-state index in [-0.39, 0.29) is 6.61 Å². The van der Waals surface area contributed by atoms with Crippen LogP contribution in [0.1, 0.15) is 58.8 Å². The van der Waals surface area contributed by atoms with Crippen molar-refractivity contribution >= 4 is 0 Å². The Bertz CT molecular complexity index is 478. The molecule has 0 saturated heterocycles. The lowest BCUT2D eigenvalue weighted by molar-refractivity contribution is 0.327. The van der Waals surface area contributed by atoms with Crippen molar-refractivity contribution < 1.29 is 5.11 Å². The maximum absolute atomic E-state index is 9.04. The van der Waals surface area contributed by atoms with Gasteiger partial charge in [-0.2, -0.15) is 0 Å². The van der Waals surface area contributed by atoms with Crippen LogP contribution in [0.15, 0.2) is 84.6 Å². The number of hydrogen-bond donors (Lipinski definition) is 1. The first-order valence-corrected chi connectivity index (χ1v) is 9.55. The number of hydrogen-bond acceptors (Lipinski definition) is 1. The fourth-order valence-corrected chi connectivity index (χ4v) is 1.99. The highest BCUT2D eigenvalue weighted by Gasteiger charge is 1.86. The Kier molecular flexibility index (Phi) is 18.7. The molecule has 25 heavy (non-hydrogen) atoms. The molecule has 138 valence electrons. The topological polar surface area (TPSA) is 20.2 Å². The zero-order valence-corrected chi connectivity index (χ0v) is 16.1. The van der Waals surface area contributed by atoms with E-state index in [9.17, 15) is 0 Å². The van der Waals surface area contributed by atoms with Crippen LogP contribution in [0, 0.1) is 0 Å². The number of aliphatic hydroxyl groups is 1. The molecule has 0 aliphatic rings. The summed E-state index contributed by atoms with van der Waals surface area (Å²) in [4.78, 5) is 0. The number of rotatable bonds is 14. The molecule has 1 nitrogen and oxygen atoms in total. The van der Waals surface area contributed by atoms with Gasteiger partial charge in [0.1, 0.15) is 0 Å². The molecule has 0 aromatic rings. The molecule has 0 aromatic carbocycles. The second-order valence-corrected chi connectivity index (χ2v) is 5.71. The molecule has 0 radical (unpaired) electrons. The SMILES string of the molecule is CC/C=C\C/C=C\C/C=C\C/C=C\CC=CCC=C/C=C(\CC)CO. The van der Waals surface area contributed by atoms with Gasteiger partial charge in [-0.1, -0.05) is 92.8 Å². The average Bonchev–Trinajstić information content (AvgIpc) is 2.64. The smallest absolute Gasteiger partial charge is 0.0644 e. The molecule has 0 aliphatic heterocycles. The van der Waals surface area contributed by atoms with Crippen LogP contribution in [0.25, 0.3) is 0 Å². The van der Waals surface area contributed by atoms with Crippen molar-refractivity contribution in [3.05, 3.63) is 84.6 Å². The lowest BCUT2D eigenvalue weighted by atomic mass is 10.2. The van der Waals surface area contributed by atoms with Crippen molar-refractivity contribution in [1.82, 2.24) is 0 Å². The van der Waals surface area contributed by atoms with Crippen LogP contribution in [0.4, 0.5) is 0 Å². The number of aliphatic hydroxyl groups excluding tert-OH is 1. The van der Waals surface area contributed by atoms with E-state index in [1.807, 2.05) is 12.2 Å². The summed E-state index contributed by atoms with van der Waals surface area (Å²) in [5.74, 6) is 0. The van der Waals surface area contributed by atoms with E-state index < -0.39 is 0 Å². The summed E-state index contributed by atoms with van der Waals surface area (Å²) < 4.78 is 0. The third-order valence-electron chi connectivity index (χ3n) is 3.56. The highest BCUT2D eigenvalue weighted by molar-refractivity contribution is 5.13. The van der Waals surface area contributed by atoms with Gasteiger partial charge in [0.2, 0.25) is 0 Å². The minimum Gasteiger partial charge on any atom is -0.392 e. The van der Waals surface area contributed by atoms with Crippen molar-refractivity contribution in [3.8, 4) is 0 Å². The van der Waals surface area contributed by atoms with Crippen LogP contribution in [-0.2, 0) is 0 Å². The second kappa shape index (κ2) is 20.2. The van der Waals surface area contributed by atoms with Crippen LogP contribution in [-0.4, -0.2) is 11.7 Å². The van der Waals surface area contributed by atoms with Crippen LogP contribution >= 0.6 is 0 Å². The van der Waals surface area contributed by atoms with Gasteiger partial charge >= 0.3 is 0 Å². The van der Waals surface area contributed by atoms with Gasteiger partial charge in [-0.3, -0.25) is 0 Å². The highest BCUT2D eigenvalue weighted by Crippen LogP contribution is 2.00. The molecule has 0 unspecified atom stereocenters. The summed E-state index contributed by atoms with van der Waals surface area (Å²) in [7, 11) is 0. The van der Waals surface area contributed by atoms with Gasteiger partial charge in [-0.15, -0.1) is 0 Å². The van der Waals surface area contributed by atoms with Crippen LogP contribution in [0.5, 0.6) is 0 Å². The predicted octanol–water partition coefficient (Wildman–Crippen LogP) is 7.01. The normalized spacial score (nSPS) is 14.0. The molecular weight excluding hydrogens is 304 g/mol. The molecule has 0 bridgehead atoms. The molecule has 0 aromatic heterocycles. The minimum atomic E-state index is 0.155. The molecule has 0 rings (SSSR count). The first kappa shape index (κ1) is 23.1. The summed E-state index contributed by atoms with van der Waals surface area (Å²) in [6.45, 7) is 4.37. The van der Waals surface area contributed by atoms with Crippen LogP contribution in [0.3, 0.4) is 0 Å². The van der Waals surface area contributed by atoms with Gasteiger partial charge in [-0.05, 0) is 50.5 Å². The highest BCUT2D eigenvalue weighted by atomic mass is 16.3. The first-order chi connectivity index (χ1) is 12.3. The quantitative estimate of drug-likeness (QED) is 0.266. The van der Waals surface area contributed by atoms with Gasteiger partial charge in [-0.25, -0.2) is 0 Å². The van der Waals surface area contributed by atoms with Crippen molar-refractivity contribution in [2.45, 2.75) is 58.8 Å². The summed E-state index contributed by atoms with van der Waals surface area (Å²) in [6.07, 6.45) is 35.2. The Labute approximate surface area is 155 Å². The Balaban J connectivity index is 3.65. The van der Waals surface area contributed by atoms with Gasteiger partial charge in [0.25, 0.3) is 0 Å². The zero-order valence-electron chi connectivity index (χ0n) is 16.1. The third kappa shape index (κ3) is 18.3. The van der Waals surface area contributed by atoms with E-state index in [0.29, 0.717) is 0 Å². The van der Waals surface area contributed by atoms with Gasteiger partial charge < -0.3 is 5.11 Å². The summed E-state index contributed by atoms with van der Waals surface area (Å²) >= 11 is 0. The molecule has 0 saturated carbocycles. The summed E-state index contributed by atoms with van der Waals surface area (Å²) in [5, 5.41) is 9.04. The van der Waals surface area contributed by atoms with E-state index in [0.717, 1.165) is 50.5 Å². The Hall–Kier alpha value is -1.86. The third-order valence-corrected chi connectivity index (χ3v) is 3.56. The van der Waals surface area contributed by atoms with Crippen LogP contribution < -0.4 is 0 Å². The summed E-state index contributed by atoms with van der Waals surface area (Å²) in [6, 6.07) is 0. The Morgan fingerprint density at radius 3 is 1.36 bits per heavy atom. The maximum atomic E-state index is 9.04. The fraction of sp³-hybridized carbons (Fsp3) is 0.417. The Morgan fingerprint density at radius 2 is 1.00 bits per heavy atom. The molecule has 1 heteroatoms. The van der Waals surface area contributed by atoms with E-state index >= 15 is 0 Å². The average molecular weight is 341 g/mol. The fourth-order valence-electron chi connectivity index (χ4n) is 1.99. The summed E-state index contributed by atoms with van der Waals surface area (Å²) in [5.41, 5.74) is 1.07. The zero-order chi connectivity index (χ0) is 18.4. The lowest BCUT2D eigenvalue weighted by Crippen LogP contribution is -1.86. The molecule has 1 N–H and O–H groups in total. The van der Waals surface area contributed by atoms with Gasteiger partial charge in [0, 0.05) is 0 Å². The minimum absolute atomic E-state index is 0.155. The molecule has 0 atom stereocenters. The predicted molar refractivity (Wildman–Crippen MR) is 114 cm³/mol. The molecule has 0 aliphatic carbocycles. The van der Waals surface area contributed by atoms with E-state index in [4.69, 9.17) is 5.11 Å².